The summed E-state index contributed by atoms with van der Waals surface area (Å²) < 4.78 is 40.3. The molecule has 4 rings (SSSR count). The molecule has 1 N–H and O–H groups in total. The van der Waals surface area contributed by atoms with E-state index in [4.69, 9.17) is 0 Å². The minimum atomic E-state index is -3.96. The maximum atomic E-state index is 13.0. The molecule has 3 aromatic carbocycles. The van der Waals surface area contributed by atoms with Gasteiger partial charge in [-0.3, -0.25) is 14.3 Å². The fourth-order valence-corrected chi connectivity index (χ4v) is 4.01. The van der Waals surface area contributed by atoms with Crippen LogP contribution in [0, 0.1) is 5.82 Å². The van der Waals surface area contributed by atoms with E-state index in [2.05, 4.69) is 4.72 Å². The van der Waals surface area contributed by atoms with Gasteiger partial charge in [0, 0.05) is 0 Å². The van der Waals surface area contributed by atoms with Gasteiger partial charge in [0.2, 0.25) is 0 Å². The molecule has 0 spiro atoms. The van der Waals surface area contributed by atoms with Crippen LogP contribution in [0.3, 0.4) is 0 Å². The number of hydrogen-bond donors (Lipinski definition) is 1. The van der Waals surface area contributed by atoms with Gasteiger partial charge in [0.15, 0.2) is 0 Å². The molecule has 0 aliphatic carbocycles. The number of nitrogens with zero attached hydrogens (tertiary/aromatic N) is 1. The first kappa shape index (κ1) is 17.9. The van der Waals surface area contributed by atoms with Crippen molar-refractivity contribution in [2.75, 3.05) is 9.62 Å². The van der Waals surface area contributed by atoms with Crippen molar-refractivity contribution in [2.45, 2.75) is 4.90 Å². The van der Waals surface area contributed by atoms with Crippen LogP contribution in [0.2, 0.25) is 0 Å². The van der Waals surface area contributed by atoms with Crippen LogP contribution in [0.25, 0.3) is 0 Å². The van der Waals surface area contributed by atoms with Gasteiger partial charge < -0.3 is 0 Å². The molecule has 28 heavy (non-hydrogen) atoms. The summed E-state index contributed by atoms with van der Waals surface area (Å²) in [4.78, 5) is 26.1. The maximum Gasteiger partial charge on any atom is 0.266 e. The first-order chi connectivity index (χ1) is 13.4. The average molecular weight is 396 g/mol. The highest BCUT2D eigenvalue weighted by Crippen LogP contribution is 2.30. The van der Waals surface area contributed by atoms with Gasteiger partial charge in [0.1, 0.15) is 5.82 Å². The van der Waals surface area contributed by atoms with Crippen LogP contribution in [0.4, 0.5) is 15.8 Å². The Balaban J connectivity index is 1.65. The number of fused-ring (bicyclic) bond motifs is 1. The van der Waals surface area contributed by atoms with E-state index in [1.54, 1.807) is 24.3 Å². The number of carbonyl (C=O) groups is 2. The van der Waals surface area contributed by atoms with Gasteiger partial charge in [-0.15, -0.1) is 0 Å². The maximum absolute atomic E-state index is 13.0. The SMILES string of the molecule is O=C1c2ccccc2C(=O)N1c1cccc(NS(=O)(=O)c2ccc(F)cc2)c1. The number of hydrogen-bond acceptors (Lipinski definition) is 4. The molecule has 1 aliphatic heterocycles. The molecular weight excluding hydrogens is 383 g/mol. The largest absolute Gasteiger partial charge is 0.280 e. The van der Waals surface area contributed by atoms with E-state index in [1.807, 2.05) is 0 Å². The lowest BCUT2D eigenvalue weighted by atomic mass is 10.1. The number of anilines is 2. The van der Waals surface area contributed by atoms with Gasteiger partial charge in [-0.05, 0) is 54.6 Å². The standard InChI is InChI=1S/C20H13FN2O4S/c21-13-8-10-16(11-9-13)28(26,27)22-14-4-3-5-15(12-14)23-19(24)17-6-1-2-7-18(17)20(23)25/h1-12,22H. The Labute approximate surface area is 160 Å². The number of sulfonamides is 1. The number of rotatable bonds is 4. The first-order valence-electron chi connectivity index (χ1n) is 8.23. The molecule has 0 fully saturated rings. The molecule has 1 heterocycles. The molecular formula is C20H13FN2O4S. The topological polar surface area (TPSA) is 83.6 Å². The van der Waals surface area contributed by atoms with Crippen molar-refractivity contribution in [1.29, 1.82) is 0 Å². The van der Waals surface area contributed by atoms with Gasteiger partial charge in [-0.25, -0.2) is 17.7 Å². The lowest BCUT2D eigenvalue weighted by Crippen LogP contribution is -2.29. The Morgan fingerprint density at radius 1 is 0.786 bits per heavy atom. The zero-order valence-electron chi connectivity index (χ0n) is 14.3. The molecule has 0 bridgehead atoms. The van der Waals surface area contributed by atoms with E-state index in [0.717, 1.165) is 29.2 Å². The fraction of sp³-hybridized carbons (Fsp3) is 0. The zero-order valence-corrected chi connectivity index (χ0v) is 15.1. The molecule has 8 heteroatoms. The highest BCUT2D eigenvalue weighted by molar-refractivity contribution is 7.92. The lowest BCUT2D eigenvalue weighted by molar-refractivity contribution is 0.0926. The summed E-state index contributed by atoms with van der Waals surface area (Å²) in [6.45, 7) is 0. The predicted octanol–water partition coefficient (Wildman–Crippen LogP) is 3.43. The second-order valence-corrected chi connectivity index (χ2v) is 7.78. The van der Waals surface area contributed by atoms with Crippen LogP contribution in [-0.2, 0) is 10.0 Å². The molecule has 0 radical (unpaired) electrons. The summed E-state index contributed by atoms with van der Waals surface area (Å²) >= 11 is 0. The predicted molar refractivity (Wildman–Crippen MR) is 101 cm³/mol. The van der Waals surface area contributed by atoms with Crippen LogP contribution in [0.15, 0.2) is 77.7 Å². The van der Waals surface area contributed by atoms with E-state index in [-0.39, 0.29) is 16.3 Å². The van der Waals surface area contributed by atoms with Gasteiger partial charge in [-0.2, -0.15) is 0 Å². The summed E-state index contributed by atoms with van der Waals surface area (Å²) in [7, 11) is -3.96. The molecule has 0 atom stereocenters. The normalized spacial score (nSPS) is 13.5. The second-order valence-electron chi connectivity index (χ2n) is 6.10. The Hall–Kier alpha value is -3.52. The molecule has 0 aromatic heterocycles. The van der Waals surface area contributed by atoms with Gasteiger partial charge >= 0.3 is 0 Å². The molecule has 2 amide bonds. The Morgan fingerprint density at radius 3 is 2.00 bits per heavy atom. The van der Waals surface area contributed by atoms with Gasteiger partial charge in [-0.1, -0.05) is 18.2 Å². The van der Waals surface area contributed by atoms with E-state index in [9.17, 15) is 22.4 Å². The molecule has 0 saturated heterocycles. The van der Waals surface area contributed by atoms with Crippen LogP contribution >= 0.6 is 0 Å². The van der Waals surface area contributed by atoms with Gasteiger partial charge in [0.05, 0.1) is 27.4 Å². The van der Waals surface area contributed by atoms with Crippen molar-refractivity contribution in [2.24, 2.45) is 0 Å². The van der Waals surface area contributed by atoms with E-state index < -0.39 is 27.7 Å². The molecule has 140 valence electrons. The minimum absolute atomic E-state index is 0.111. The zero-order chi connectivity index (χ0) is 19.9. The molecule has 0 unspecified atom stereocenters. The van der Waals surface area contributed by atoms with Crippen molar-refractivity contribution in [1.82, 2.24) is 0 Å². The third-order valence-corrected chi connectivity index (χ3v) is 5.67. The Kier molecular flexibility index (Phi) is 4.20. The molecule has 0 saturated carbocycles. The molecule has 6 nitrogen and oxygen atoms in total. The van der Waals surface area contributed by atoms with Crippen molar-refractivity contribution in [3.8, 4) is 0 Å². The van der Waals surface area contributed by atoms with Crippen LogP contribution < -0.4 is 9.62 Å². The first-order valence-corrected chi connectivity index (χ1v) is 9.71. The van der Waals surface area contributed by atoms with Crippen LogP contribution in [0.1, 0.15) is 20.7 Å². The molecule has 3 aromatic rings. The Bertz CT molecular complexity index is 1170. The van der Waals surface area contributed by atoms with Crippen molar-refractivity contribution in [3.63, 3.8) is 0 Å². The number of amides is 2. The lowest BCUT2D eigenvalue weighted by Gasteiger charge is -2.15. The quantitative estimate of drug-likeness (QED) is 0.685. The minimum Gasteiger partial charge on any atom is -0.280 e. The van der Waals surface area contributed by atoms with Crippen molar-refractivity contribution >= 4 is 33.2 Å². The summed E-state index contributed by atoms with van der Waals surface area (Å²) in [6, 6.07) is 16.8. The number of imide groups is 1. The van der Waals surface area contributed by atoms with Crippen molar-refractivity contribution in [3.05, 3.63) is 89.7 Å². The van der Waals surface area contributed by atoms with E-state index >= 15 is 0 Å². The third kappa shape index (κ3) is 3.03. The second kappa shape index (κ2) is 6.58. The smallest absolute Gasteiger partial charge is 0.266 e. The third-order valence-electron chi connectivity index (χ3n) is 4.27. The Morgan fingerprint density at radius 2 is 1.39 bits per heavy atom. The highest BCUT2D eigenvalue weighted by Gasteiger charge is 2.36. The van der Waals surface area contributed by atoms with E-state index in [1.165, 1.54) is 24.3 Å². The fourth-order valence-electron chi connectivity index (χ4n) is 2.96. The van der Waals surface area contributed by atoms with Crippen LogP contribution in [-0.4, -0.2) is 20.2 Å². The molecule has 1 aliphatic rings. The summed E-state index contributed by atoms with van der Waals surface area (Å²) in [5, 5.41) is 0. The summed E-state index contributed by atoms with van der Waals surface area (Å²) in [6.07, 6.45) is 0. The van der Waals surface area contributed by atoms with E-state index in [0.29, 0.717) is 11.1 Å². The number of carbonyl (C=O) groups excluding carboxylic acids is 2. The monoisotopic (exact) mass is 396 g/mol. The highest BCUT2D eigenvalue weighted by atomic mass is 32.2. The summed E-state index contributed by atoms with van der Waals surface area (Å²) in [5.74, 6) is -1.50. The average Bonchev–Trinajstić information content (AvgIpc) is 2.93. The number of nitrogens with one attached hydrogen (secondary N) is 1. The number of halogens is 1. The van der Waals surface area contributed by atoms with Gasteiger partial charge in [0.25, 0.3) is 21.8 Å². The summed E-state index contributed by atoms with van der Waals surface area (Å²) in [5.41, 5.74) is 0.999. The number of benzene rings is 3. The van der Waals surface area contributed by atoms with Crippen molar-refractivity contribution < 1.29 is 22.4 Å². The van der Waals surface area contributed by atoms with Crippen LogP contribution in [0.5, 0.6) is 0 Å².